The number of rotatable bonds is 12. The zero-order valence-electron chi connectivity index (χ0n) is 13.1. The molecule has 120 valence electrons. The Hall–Kier alpha value is -0.763. The molecule has 1 aromatic rings. The van der Waals surface area contributed by atoms with Crippen molar-refractivity contribution in [1.82, 2.24) is 10.6 Å². The van der Waals surface area contributed by atoms with E-state index in [1.165, 1.54) is 5.56 Å². The van der Waals surface area contributed by atoms with Gasteiger partial charge in [-0.1, -0.05) is 30.3 Å². The van der Waals surface area contributed by atoms with Crippen LogP contribution in [0.1, 0.15) is 12.0 Å². The van der Waals surface area contributed by atoms with Crippen molar-refractivity contribution in [2.24, 2.45) is 0 Å². The van der Waals surface area contributed by atoms with Crippen LogP contribution in [0.3, 0.4) is 0 Å². The zero-order valence-corrected chi connectivity index (χ0v) is 14.1. The molecule has 0 saturated carbocycles. The summed E-state index contributed by atoms with van der Waals surface area (Å²) in [5.41, 5.74) is 1.30. The molecule has 0 heterocycles. The van der Waals surface area contributed by atoms with Gasteiger partial charge in [-0.3, -0.25) is 0 Å². The highest BCUT2D eigenvalue weighted by molar-refractivity contribution is 6.67. The van der Waals surface area contributed by atoms with E-state index in [0.717, 1.165) is 38.6 Å². The van der Waals surface area contributed by atoms with Crippen molar-refractivity contribution in [3.05, 3.63) is 35.9 Å². The summed E-state index contributed by atoms with van der Waals surface area (Å²) in [7, 11) is 0.899. The standard InChI is InChI=1S/C15H28N2O3Si/c1-19-21(14-18,20-2)12-6-9-16-10-11-17-13-15-7-4-3-5-8-15/h3-5,7-8,16-18H,6,9-14H2,1-2H3. The summed E-state index contributed by atoms with van der Waals surface area (Å²) in [5, 5.41) is 16.1. The van der Waals surface area contributed by atoms with Gasteiger partial charge in [0.25, 0.3) is 0 Å². The minimum atomic E-state index is -2.34. The van der Waals surface area contributed by atoms with Crippen LogP contribution in [0, 0.1) is 0 Å². The summed E-state index contributed by atoms with van der Waals surface area (Å²) in [6.07, 6.45) is 0.964. The number of aliphatic hydroxyl groups is 1. The van der Waals surface area contributed by atoms with Gasteiger partial charge in [-0.15, -0.1) is 0 Å². The molecule has 0 aromatic heterocycles. The summed E-state index contributed by atoms with van der Waals surface area (Å²) >= 11 is 0. The van der Waals surface area contributed by atoms with Crippen molar-refractivity contribution in [2.45, 2.75) is 19.0 Å². The van der Waals surface area contributed by atoms with Crippen molar-refractivity contribution in [1.29, 1.82) is 0 Å². The number of hydrogen-bond donors (Lipinski definition) is 3. The van der Waals surface area contributed by atoms with E-state index < -0.39 is 8.56 Å². The fraction of sp³-hybridized carbons (Fsp3) is 0.600. The van der Waals surface area contributed by atoms with E-state index in [-0.39, 0.29) is 6.23 Å². The maximum absolute atomic E-state index is 9.34. The first kappa shape index (κ1) is 18.3. The lowest BCUT2D eigenvalue weighted by atomic mass is 10.2. The molecule has 0 amide bonds. The first-order valence-electron chi connectivity index (χ1n) is 7.43. The second-order valence-corrected chi connectivity index (χ2v) is 8.45. The predicted octanol–water partition coefficient (Wildman–Crippen LogP) is 1.02. The fourth-order valence-electron chi connectivity index (χ4n) is 2.11. The lowest BCUT2D eigenvalue weighted by Gasteiger charge is -2.24. The van der Waals surface area contributed by atoms with Crippen LogP contribution in [0.25, 0.3) is 0 Å². The lowest BCUT2D eigenvalue weighted by Crippen LogP contribution is -2.45. The molecule has 0 spiro atoms. The van der Waals surface area contributed by atoms with Crippen LogP contribution in [0.15, 0.2) is 30.3 Å². The molecule has 5 nitrogen and oxygen atoms in total. The van der Waals surface area contributed by atoms with Gasteiger partial charge in [0.2, 0.25) is 0 Å². The molecule has 0 saturated heterocycles. The topological polar surface area (TPSA) is 62.8 Å². The Kier molecular flexibility index (Phi) is 9.48. The fourth-order valence-corrected chi connectivity index (χ4v) is 3.82. The number of benzene rings is 1. The number of hydrogen-bond acceptors (Lipinski definition) is 5. The lowest BCUT2D eigenvalue weighted by molar-refractivity contribution is 0.196. The van der Waals surface area contributed by atoms with Crippen LogP contribution in [-0.2, 0) is 15.4 Å². The quantitative estimate of drug-likeness (QED) is 0.397. The normalized spacial score (nSPS) is 11.8. The smallest absolute Gasteiger partial charge is 0.364 e. The van der Waals surface area contributed by atoms with Gasteiger partial charge >= 0.3 is 8.56 Å². The molecule has 6 heteroatoms. The van der Waals surface area contributed by atoms with Crippen LogP contribution < -0.4 is 10.6 Å². The van der Waals surface area contributed by atoms with Gasteiger partial charge in [0, 0.05) is 33.9 Å². The molecular weight excluding hydrogens is 284 g/mol. The summed E-state index contributed by atoms with van der Waals surface area (Å²) in [4.78, 5) is 0. The third-order valence-corrected chi connectivity index (χ3v) is 6.63. The number of nitrogens with one attached hydrogen (secondary N) is 2. The minimum absolute atomic E-state index is 0.0125. The van der Waals surface area contributed by atoms with E-state index in [9.17, 15) is 5.11 Å². The van der Waals surface area contributed by atoms with Crippen LogP contribution in [0.5, 0.6) is 0 Å². The Morgan fingerprint density at radius 1 is 1.00 bits per heavy atom. The minimum Gasteiger partial charge on any atom is -0.396 e. The van der Waals surface area contributed by atoms with E-state index in [2.05, 4.69) is 34.9 Å². The summed E-state index contributed by atoms with van der Waals surface area (Å²) in [5.74, 6) is 0. The van der Waals surface area contributed by atoms with E-state index in [4.69, 9.17) is 8.85 Å². The van der Waals surface area contributed by atoms with Crippen LogP contribution in [-0.4, -0.2) is 53.8 Å². The molecule has 1 aromatic carbocycles. The second-order valence-electron chi connectivity index (χ2n) is 4.99. The molecule has 0 aliphatic carbocycles. The highest BCUT2D eigenvalue weighted by Crippen LogP contribution is 2.12. The zero-order chi connectivity index (χ0) is 15.4. The average molecular weight is 312 g/mol. The van der Waals surface area contributed by atoms with E-state index >= 15 is 0 Å². The molecule has 0 bridgehead atoms. The average Bonchev–Trinajstić information content (AvgIpc) is 2.55. The largest absolute Gasteiger partial charge is 0.396 e. The first-order valence-corrected chi connectivity index (χ1v) is 9.66. The summed E-state index contributed by atoms with van der Waals surface area (Å²) in [6.45, 7) is 3.68. The molecule has 21 heavy (non-hydrogen) atoms. The molecule has 1 rings (SSSR count). The third-order valence-electron chi connectivity index (χ3n) is 3.55. The molecule has 0 aliphatic heterocycles. The van der Waals surface area contributed by atoms with Crippen molar-refractivity contribution in [2.75, 3.05) is 40.1 Å². The van der Waals surface area contributed by atoms with Crippen LogP contribution in [0.4, 0.5) is 0 Å². The Labute approximate surface area is 128 Å². The van der Waals surface area contributed by atoms with Gasteiger partial charge in [-0.25, -0.2) is 0 Å². The van der Waals surface area contributed by atoms with Gasteiger partial charge < -0.3 is 24.6 Å². The summed E-state index contributed by atoms with van der Waals surface area (Å²) < 4.78 is 10.7. The molecule has 0 radical (unpaired) electrons. The molecule has 0 atom stereocenters. The van der Waals surface area contributed by atoms with Gasteiger partial charge in [0.1, 0.15) is 0 Å². The SMILES string of the molecule is CO[Si](CO)(CCCNCCNCc1ccccc1)OC. The predicted molar refractivity (Wildman–Crippen MR) is 87.3 cm³/mol. The van der Waals surface area contributed by atoms with Crippen LogP contribution in [0.2, 0.25) is 6.04 Å². The van der Waals surface area contributed by atoms with Crippen molar-refractivity contribution >= 4 is 8.56 Å². The van der Waals surface area contributed by atoms with Crippen molar-refractivity contribution in [3.8, 4) is 0 Å². The third kappa shape index (κ3) is 7.17. The number of aliphatic hydroxyl groups excluding tert-OH is 1. The van der Waals surface area contributed by atoms with E-state index in [1.54, 1.807) is 14.2 Å². The van der Waals surface area contributed by atoms with E-state index in [1.807, 2.05) is 6.07 Å². The van der Waals surface area contributed by atoms with Crippen molar-refractivity contribution < 1.29 is 14.0 Å². The highest BCUT2D eigenvalue weighted by Gasteiger charge is 2.33. The van der Waals surface area contributed by atoms with E-state index in [0.29, 0.717) is 0 Å². The molecule has 0 unspecified atom stereocenters. The summed E-state index contributed by atoms with van der Waals surface area (Å²) in [6, 6.07) is 11.2. The van der Waals surface area contributed by atoms with Gasteiger partial charge in [-0.2, -0.15) is 0 Å². The molecule has 3 N–H and O–H groups in total. The Bertz CT molecular complexity index is 353. The van der Waals surface area contributed by atoms with Crippen molar-refractivity contribution in [3.63, 3.8) is 0 Å². The van der Waals surface area contributed by atoms with Gasteiger partial charge in [0.15, 0.2) is 0 Å². The first-order chi connectivity index (χ1) is 10.3. The maximum atomic E-state index is 9.34. The molecular formula is C15H28N2O3Si. The molecule has 0 aliphatic rings. The van der Waals surface area contributed by atoms with Crippen LogP contribution >= 0.6 is 0 Å². The highest BCUT2D eigenvalue weighted by atomic mass is 28.4. The maximum Gasteiger partial charge on any atom is 0.364 e. The van der Waals surface area contributed by atoms with Gasteiger partial charge in [0.05, 0.1) is 6.23 Å². The Morgan fingerprint density at radius 3 is 2.29 bits per heavy atom. The van der Waals surface area contributed by atoms with Gasteiger partial charge in [-0.05, 0) is 24.6 Å². The monoisotopic (exact) mass is 312 g/mol. The molecule has 0 fully saturated rings. The Balaban J connectivity index is 2.00. The second kappa shape index (κ2) is 10.9. The Morgan fingerprint density at radius 2 is 1.67 bits per heavy atom.